The van der Waals surface area contributed by atoms with E-state index in [2.05, 4.69) is 17.1 Å². The minimum atomic E-state index is -0.505. The van der Waals surface area contributed by atoms with Crippen LogP contribution in [0.4, 0.5) is 5.82 Å². The molecule has 0 saturated carbocycles. The van der Waals surface area contributed by atoms with Crippen molar-refractivity contribution in [1.82, 2.24) is 9.55 Å². The molecule has 0 aliphatic heterocycles. The van der Waals surface area contributed by atoms with E-state index >= 15 is 0 Å². The van der Waals surface area contributed by atoms with Crippen LogP contribution in [0.15, 0.2) is 65.8 Å². The number of aromatic hydroxyl groups is 1. The van der Waals surface area contributed by atoms with Gasteiger partial charge in [-0.15, -0.1) is 0 Å². The molecule has 0 aliphatic rings. The summed E-state index contributed by atoms with van der Waals surface area (Å²) in [6, 6.07) is 18.7. The van der Waals surface area contributed by atoms with Crippen LogP contribution in [0.2, 0.25) is 0 Å². The lowest BCUT2D eigenvalue weighted by Crippen LogP contribution is -2.10. The van der Waals surface area contributed by atoms with Crippen molar-refractivity contribution in [2.45, 2.75) is 0 Å². The molecule has 2 aromatic carbocycles. The number of nitrogens with zero attached hydrogens (tertiary/aromatic N) is 2. The zero-order valence-electron chi connectivity index (χ0n) is 13.1. The fourth-order valence-corrected chi connectivity index (χ4v) is 2.80. The number of aromatic nitrogens is 2. The van der Waals surface area contributed by atoms with Gasteiger partial charge in [-0.05, 0) is 29.8 Å². The number of fused-ring (bicyclic) bond motifs is 1. The molecular formula is C20H13N3O2. The summed E-state index contributed by atoms with van der Waals surface area (Å²) in [7, 11) is 0. The van der Waals surface area contributed by atoms with Crippen LogP contribution in [0.1, 0.15) is 0 Å². The van der Waals surface area contributed by atoms with Gasteiger partial charge in [0.2, 0.25) is 5.43 Å². The highest BCUT2D eigenvalue weighted by molar-refractivity contribution is 5.95. The Morgan fingerprint density at radius 1 is 1.20 bits per heavy atom. The zero-order valence-corrected chi connectivity index (χ0v) is 13.1. The highest BCUT2D eigenvalue weighted by Crippen LogP contribution is 2.28. The fourth-order valence-electron chi connectivity index (χ4n) is 2.80. The summed E-state index contributed by atoms with van der Waals surface area (Å²) in [5, 5.41) is 11.7. The quantitative estimate of drug-likeness (QED) is 0.593. The van der Waals surface area contributed by atoms with E-state index in [9.17, 15) is 9.90 Å². The lowest BCUT2D eigenvalue weighted by molar-refractivity contribution is 0.466. The molecule has 0 fully saturated rings. The van der Waals surface area contributed by atoms with Crippen LogP contribution in [0.25, 0.3) is 27.6 Å². The molecule has 0 radical (unpaired) electrons. The van der Waals surface area contributed by atoms with E-state index in [0.717, 1.165) is 27.6 Å². The lowest BCUT2D eigenvalue weighted by Gasteiger charge is -2.12. The molecular weight excluding hydrogens is 314 g/mol. The van der Waals surface area contributed by atoms with Crippen molar-refractivity contribution in [1.29, 1.82) is 0 Å². The second-order valence-corrected chi connectivity index (χ2v) is 5.62. The zero-order chi connectivity index (χ0) is 17.4. The van der Waals surface area contributed by atoms with E-state index in [1.807, 2.05) is 36.4 Å². The lowest BCUT2D eigenvalue weighted by atomic mass is 10.0. The third-order valence-electron chi connectivity index (χ3n) is 4.02. The summed E-state index contributed by atoms with van der Waals surface area (Å²) < 4.78 is 1.57. The highest BCUT2D eigenvalue weighted by Gasteiger charge is 2.08. The first-order valence-electron chi connectivity index (χ1n) is 7.61. The van der Waals surface area contributed by atoms with E-state index in [1.54, 1.807) is 17.0 Å². The van der Waals surface area contributed by atoms with Crippen LogP contribution in [0.5, 0.6) is 5.75 Å². The average molecular weight is 327 g/mol. The van der Waals surface area contributed by atoms with Crippen molar-refractivity contribution in [2.75, 3.05) is 5.73 Å². The number of hydrogen-bond donors (Lipinski definition) is 2. The SMILES string of the molecule is Nc1cc(=O)c(O)cn1-c1cccc(-c2c#ccc3cnccc23)c1. The van der Waals surface area contributed by atoms with Crippen molar-refractivity contribution >= 4 is 16.6 Å². The molecule has 3 N–H and O–H groups in total. The number of nitrogens with two attached hydrogens (primary N) is 1. The van der Waals surface area contributed by atoms with Crippen LogP contribution in [-0.2, 0) is 0 Å². The first-order valence-corrected chi connectivity index (χ1v) is 7.61. The van der Waals surface area contributed by atoms with Gasteiger partial charge in [0.25, 0.3) is 0 Å². The number of nitrogen functional groups attached to an aromatic ring is 1. The molecule has 0 bridgehead atoms. The Balaban J connectivity index is 1.91. The number of rotatable bonds is 2. The Kier molecular flexibility index (Phi) is 3.37. The van der Waals surface area contributed by atoms with E-state index in [0.29, 0.717) is 0 Å². The maximum Gasteiger partial charge on any atom is 0.225 e. The van der Waals surface area contributed by atoms with Crippen molar-refractivity contribution in [3.63, 3.8) is 0 Å². The van der Waals surface area contributed by atoms with Crippen LogP contribution in [-0.4, -0.2) is 14.7 Å². The van der Waals surface area contributed by atoms with Gasteiger partial charge in [0, 0.05) is 40.5 Å². The molecule has 4 aromatic rings. The smallest absolute Gasteiger partial charge is 0.225 e. The average Bonchev–Trinajstić information content (AvgIpc) is 2.64. The van der Waals surface area contributed by atoms with E-state index in [-0.39, 0.29) is 11.6 Å². The van der Waals surface area contributed by atoms with E-state index in [1.165, 1.54) is 12.3 Å². The largest absolute Gasteiger partial charge is 0.503 e. The van der Waals surface area contributed by atoms with Crippen molar-refractivity contribution in [3.05, 3.63) is 83.4 Å². The molecule has 0 saturated heterocycles. The molecule has 5 nitrogen and oxygen atoms in total. The monoisotopic (exact) mass is 327 g/mol. The summed E-state index contributed by atoms with van der Waals surface area (Å²) >= 11 is 0. The molecule has 120 valence electrons. The predicted octanol–water partition coefficient (Wildman–Crippen LogP) is 2.94. The standard InChI is InChI=1S/C20H13N3O2/c21-20-10-18(24)19(25)12-23(20)15-5-1-3-13(9-15)16-6-2-4-14-11-22-8-7-17(14)16/h1,3-5,7-12,25H,21H2. The second-order valence-electron chi connectivity index (χ2n) is 5.62. The Morgan fingerprint density at radius 3 is 2.96 bits per heavy atom. The van der Waals surface area contributed by atoms with Gasteiger partial charge in [0.1, 0.15) is 5.82 Å². The summed E-state index contributed by atoms with van der Waals surface area (Å²) in [6.45, 7) is 0. The Bertz CT molecular complexity index is 1140. The van der Waals surface area contributed by atoms with Crippen molar-refractivity contribution in [2.24, 2.45) is 0 Å². The van der Waals surface area contributed by atoms with Gasteiger partial charge in [0.05, 0.1) is 6.20 Å². The molecule has 0 atom stereocenters. The Hall–Kier alpha value is -3.78. The van der Waals surface area contributed by atoms with Gasteiger partial charge in [-0.3, -0.25) is 14.3 Å². The first-order chi connectivity index (χ1) is 12.1. The third-order valence-corrected chi connectivity index (χ3v) is 4.02. The Labute approximate surface area is 143 Å². The predicted molar refractivity (Wildman–Crippen MR) is 96.5 cm³/mol. The van der Waals surface area contributed by atoms with Gasteiger partial charge in [0.15, 0.2) is 5.75 Å². The van der Waals surface area contributed by atoms with Gasteiger partial charge >= 0.3 is 0 Å². The molecule has 2 heterocycles. The molecule has 0 spiro atoms. The second kappa shape index (κ2) is 5.69. The minimum Gasteiger partial charge on any atom is -0.503 e. The van der Waals surface area contributed by atoms with Crippen molar-refractivity contribution in [3.8, 4) is 22.6 Å². The minimum absolute atomic E-state index is 0.248. The van der Waals surface area contributed by atoms with Crippen LogP contribution < -0.4 is 11.2 Å². The maximum absolute atomic E-state index is 11.5. The number of pyridine rings is 2. The third kappa shape index (κ3) is 2.56. The summed E-state index contributed by atoms with van der Waals surface area (Å²) in [6.07, 6.45) is 4.84. The molecule has 5 heteroatoms. The highest BCUT2D eigenvalue weighted by atomic mass is 16.3. The van der Waals surface area contributed by atoms with E-state index < -0.39 is 5.43 Å². The first kappa shape index (κ1) is 14.8. The number of anilines is 1. The Morgan fingerprint density at radius 2 is 2.08 bits per heavy atom. The number of hydrogen-bond acceptors (Lipinski definition) is 4. The van der Waals surface area contributed by atoms with Crippen molar-refractivity contribution < 1.29 is 5.11 Å². The summed E-state index contributed by atoms with van der Waals surface area (Å²) in [4.78, 5) is 15.6. The summed E-state index contributed by atoms with van der Waals surface area (Å²) in [5.41, 5.74) is 7.97. The normalized spacial score (nSPS) is 10.6. The van der Waals surface area contributed by atoms with Gasteiger partial charge in [-0.2, -0.15) is 0 Å². The van der Waals surface area contributed by atoms with Gasteiger partial charge in [-0.25, -0.2) is 0 Å². The van der Waals surface area contributed by atoms with Gasteiger partial charge < -0.3 is 10.8 Å². The molecule has 0 aliphatic carbocycles. The number of benzene rings is 1. The fraction of sp³-hybridized carbons (Fsp3) is 0. The topological polar surface area (TPSA) is 81.1 Å². The summed E-state index contributed by atoms with van der Waals surface area (Å²) in [5.74, 6) is -0.103. The van der Waals surface area contributed by atoms with E-state index in [4.69, 9.17) is 5.73 Å². The molecule has 25 heavy (non-hydrogen) atoms. The molecule has 4 rings (SSSR count). The maximum atomic E-state index is 11.5. The van der Waals surface area contributed by atoms with Crippen LogP contribution in [0, 0.1) is 12.1 Å². The van der Waals surface area contributed by atoms with Gasteiger partial charge in [-0.1, -0.05) is 24.3 Å². The molecule has 2 aromatic heterocycles. The van der Waals surface area contributed by atoms with Crippen LogP contribution >= 0.6 is 0 Å². The van der Waals surface area contributed by atoms with Crippen LogP contribution in [0.3, 0.4) is 0 Å². The molecule has 0 amide bonds. The molecule has 0 unspecified atom stereocenters.